The molecule has 0 aromatic carbocycles. The van der Waals surface area contributed by atoms with Crippen LogP contribution >= 0.6 is 12.2 Å². The Kier molecular flexibility index (Phi) is 3.77. The molecule has 0 unspecified atom stereocenters. The number of nitrogens with one attached hydrogen (secondary N) is 2. The zero-order valence-corrected chi connectivity index (χ0v) is 7.88. The number of hydrazone groups is 1. The van der Waals surface area contributed by atoms with E-state index < -0.39 is 0 Å². The highest BCUT2D eigenvalue weighted by Gasteiger charge is 1.87. The fourth-order valence-electron chi connectivity index (χ4n) is 0.590. The van der Waals surface area contributed by atoms with Crippen molar-refractivity contribution in [1.82, 2.24) is 20.7 Å². The Bertz CT molecular complexity index is 297. The fourth-order valence-corrected chi connectivity index (χ4v) is 0.643. The van der Waals surface area contributed by atoms with Crippen LogP contribution in [0.2, 0.25) is 0 Å². The number of aromatic nitrogens is 2. The van der Waals surface area contributed by atoms with E-state index in [1.165, 1.54) is 6.21 Å². The third-order valence-electron chi connectivity index (χ3n) is 1.17. The lowest BCUT2D eigenvalue weighted by Gasteiger charge is -1.98. The molecule has 0 aliphatic heterocycles. The van der Waals surface area contributed by atoms with Crippen LogP contribution in [0.15, 0.2) is 23.7 Å². The number of rotatable bonds is 2. The molecule has 1 aromatic rings. The van der Waals surface area contributed by atoms with Gasteiger partial charge in [-0.3, -0.25) is 15.4 Å². The van der Waals surface area contributed by atoms with Crippen molar-refractivity contribution in [2.45, 2.75) is 0 Å². The van der Waals surface area contributed by atoms with Crippen LogP contribution in [0.25, 0.3) is 0 Å². The van der Waals surface area contributed by atoms with Crippen molar-refractivity contribution >= 4 is 23.5 Å². The minimum atomic E-state index is 0.458. The van der Waals surface area contributed by atoms with Crippen molar-refractivity contribution in [3.05, 3.63) is 24.3 Å². The molecule has 0 aliphatic rings. The van der Waals surface area contributed by atoms with Crippen molar-refractivity contribution < 1.29 is 0 Å². The summed E-state index contributed by atoms with van der Waals surface area (Å²) in [5.41, 5.74) is 3.28. The number of hydrogen-bond acceptors (Lipinski definition) is 4. The SMILES string of the molecule is CNC(=S)N/N=C/c1cnccn1. The van der Waals surface area contributed by atoms with Crippen LogP contribution in [-0.4, -0.2) is 28.3 Å². The largest absolute Gasteiger partial charge is 0.364 e. The third kappa shape index (κ3) is 3.57. The highest BCUT2D eigenvalue weighted by Crippen LogP contribution is 1.82. The van der Waals surface area contributed by atoms with Gasteiger partial charge in [-0.1, -0.05) is 0 Å². The van der Waals surface area contributed by atoms with Crippen LogP contribution in [0.3, 0.4) is 0 Å². The monoisotopic (exact) mass is 195 g/mol. The second-order valence-electron chi connectivity index (χ2n) is 2.08. The summed E-state index contributed by atoms with van der Waals surface area (Å²) in [5.74, 6) is 0. The van der Waals surface area contributed by atoms with Gasteiger partial charge in [0.05, 0.1) is 12.4 Å². The van der Waals surface area contributed by atoms with Gasteiger partial charge in [-0.25, -0.2) is 0 Å². The first-order valence-corrected chi connectivity index (χ1v) is 4.00. The topological polar surface area (TPSA) is 62.2 Å². The number of hydrogen-bond donors (Lipinski definition) is 2. The standard InChI is InChI=1S/C7H9N5S/c1-8-7(13)12-11-5-6-4-9-2-3-10-6/h2-5H,1H3,(H2,8,12,13)/b11-5+. The minimum Gasteiger partial charge on any atom is -0.364 e. The van der Waals surface area contributed by atoms with Crippen molar-refractivity contribution in [2.75, 3.05) is 7.05 Å². The predicted molar refractivity (Wildman–Crippen MR) is 54.4 cm³/mol. The van der Waals surface area contributed by atoms with Crippen molar-refractivity contribution in [2.24, 2.45) is 5.10 Å². The van der Waals surface area contributed by atoms with Gasteiger partial charge in [-0.05, 0) is 12.2 Å². The maximum Gasteiger partial charge on any atom is 0.186 e. The summed E-state index contributed by atoms with van der Waals surface area (Å²) in [7, 11) is 1.72. The highest BCUT2D eigenvalue weighted by molar-refractivity contribution is 7.80. The first kappa shape index (κ1) is 9.53. The Balaban J connectivity index is 2.45. The smallest absolute Gasteiger partial charge is 0.186 e. The maximum atomic E-state index is 4.80. The molecule has 5 nitrogen and oxygen atoms in total. The molecule has 68 valence electrons. The average Bonchev–Trinajstić information content (AvgIpc) is 2.19. The summed E-state index contributed by atoms with van der Waals surface area (Å²) in [4.78, 5) is 7.86. The molecular formula is C7H9N5S. The molecule has 0 spiro atoms. The van der Waals surface area contributed by atoms with E-state index in [4.69, 9.17) is 12.2 Å². The van der Waals surface area contributed by atoms with Gasteiger partial charge in [-0.2, -0.15) is 5.10 Å². The molecule has 1 aromatic heterocycles. The number of nitrogens with zero attached hydrogens (tertiary/aromatic N) is 3. The number of thiocarbonyl (C=S) groups is 1. The van der Waals surface area contributed by atoms with E-state index in [0.717, 1.165) is 0 Å². The van der Waals surface area contributed by atoms with Gasteiger partial charge < -0.3 is 5.32 Å². The fraction of sp³-hybridized carbons (Fsp3) is 0.143. The summed E-state index contributed by atoms with van der Waals surface area (Å²) >= 11 is 4.80. The van der Waals surface area contributed by atoms with Gasteiger partial charge in [0, 0.05) is 19.4 Å². The van der Waals surface area contributed by atoms with E-state index in [0.29, 0.717) is 10.8 Å². The van der Waals surface area contributed by atoms with Gasteiger partial charge >= 0.3 is 0 Å². The van der Waals surface area contributed by atoms with E-state index >= 15 is 0 Å². The zero-order valence-electron chi connectivity index (χ0n) is 7.06. The van der Waals surface area contributed by atoms with Crippen LogP contribution in [-0.2, 0) is 0 Å². The van der Waals surface area contributed by atoms with Gasteiger partial charge in [0.25, 0.3) is 0 Å². The van der Waals surface area contributed by atoms with E-state index in [2.05, 4.69) is 25.8 Å². The zero-order chi connectivity index (χ0) is 9.52. The first-order valence-electron chi connectivity index (χ1n) is 3.59. The van der Waals surface area contributed by atoms with Crippen LogP contribution in [0.4, 0.5) is 0 Å². The molecule has 1 rings (SSSR count). The molecule has 1 heterocycles. The molecule has 0 fully saturated rings. The summed E-state index contributed by atoms with van der Waals surface area (Å²) in [6.45, 7) is 0. The molecule has 2 N–H and O–H groups in total. The summed E-state index contributed by atoms with van der Waals surface area (Å²) in [6.07, 6.45) is 6.34. The molecule has 6 heteroatoms. The molecule has 13 heavy (non-hydrogen) atoms. The third-order valence-corrected chi connectivity index (χ3v) is 1.47. The molecular weight excluding hydrogens is 186 g/mol. The molecule has 0 aliphatic carbocycles. The molecule has 0 saturated carbocycles. The normalized spacial score (nSPS) is 9.92. The molecule has 0 bridgehead atoms. The van der Waals surface area contributed by atoms with Crippen LogP contribution in [0.1, 0.15) is 5.69 Å². The summed E-state index contributed by atoms with van der Waals surface area (Å²) in [5, 5.41) is 7.01. The van der Waals surface area contributed by atoms with Gasteiger partial charge in [0.1, 0.15) is 5.69 Å². The minimum absolute atomic E-state index is 0.458. The Morgan fingerprint density at radius 1 is 1.62 bits per heavy atom. The van der Waals surface area contributed by atoms with E-state index in [1.807, 2.05) is 0 Å². The van der Waals surface area contributed by atoms with Crippen LogP contribution in [0, 0.1) is 0 Å². The second kappa shape index (κ2) is 5.15. The van der Waals surface area contributed by atoms with Crippen molar-refractivity contribution in [3.63, 3.8) is 0 Å². The second-order valence-corrected chi connectivity index (χ2v) is 2.49. The van der Waals surface area contributed by atoms with E-state index in [-0.39, 0.29) is 0 Å². The first-order chi connectivity index (χ1) is 6.33. The van der Waals surface area contributed by atoms with Crippen LogP contribution in [0.5, 0.6) is 0 Å². The lowest BCUT2D eigenvalue weighted by molar-refractivity contribution is 0.979. The Morgan fingerprint density at radius 3 is 3.08 bits per heavy atom. The molecule has 0 radical (unpaired) electrons. The maximum absolute atomic E-state index is 4.80. The Labute approximate surface area is 81.3 Å². The van der Waals surface area contributed by atoms with Gasteiger partial charge in [-0.15, -0.1) is 0 Å². The van der Waals surface area contributed by atoms with E-state index in [9.17, 15) is 0 Å². The highest BCUT2D eigenvalue weighted by atomic mass is 32.1. The molecule has 0 amide bonds. The summed E-state index contributed by atoms with van der Waals surface area (Å²) in [6, 6.07) is 0. The molecule has 0 saturated heterocycles. The quantitative estimate of drug-likeness (QED) is 0.392. The van der Waals surface area contributed by atoms with Gasteiger partial charge in [0.2, 0.25) is 0 Å². The summed E-state index contributed by atoms with van der Waals surface area (Å²) < 4.78 is 0. The molecule has 0 atom stereocenters. The lowest BCUT2D eigenvalue weighted by atomic mass is 10.5. The van der Waals surface area contributed by atoms with Crippen LogP contribution < -0.4 is 10.7 Å². The van der Waals surface area contributed by atoms with Gasteiger partial charge in [0.15, 0.2) is 5.11 Å². The van der Waals surface area contributed by atoms with Crippen molar-refractivity contribution in [1.29, 1.82) is 0 Å². The van der Waals surface area contributed by atoms with Crippen molar-refractivity contribution in [3.8, 4) is 0 Å². The average molecular weight is 195 g/mol. The lowest BCUT2D eigenvalue weighted by Crippen LogP contribution is -2.28. The Morgan fingerprint density at radius 2 is 2.46 bits per heavy atom. The van der Waals surface area contributed by atoms with E-state index in [1.54, 1.807) is 25.6 Å². The predicted octanol–water partition coefficient (Wildman–Crippen LogP) is -0.0956. The Hall–Kier alpha value is -1.56.